The lowest BCUT2D eigenvalue weighted by Crippen LogP contribution is -2.37. The van der Waals surface area contributed by atoms with E-state index in [4.69, 9.17) is 4.99 Å². The normalized spacial score (nSPS) is 23.3. The van der Waals surface area contributed by atoms with Gasteiger partial charge in [-0.2, -0.15) is 0 Å². The summed E-state index contributed by atoms with van der Waals surface area (Å²) in [6.45, 7) is 1.88. The Balaban J connectivity index is 0.00000208. The Morgan fingerprint density at radius 1 is 1.29 bits per heavy atom. The minimum absolute atomic E-state index is 0. The monoisotopic (exact) mass is 369 g/mol. The number of benzene rings is 1. The van der Waals surface area contributed by atoms with Gasteiger partial charge in [-0.25, -0.2) is 4.99 Å². The molecule has 0 radical (unpaired) electrons. The van der Waals surface area contributed by atoms with Crippen LogP contribution in [0.3, 0.4) is 0 Å². The number of hydrogen-bond donors (Lipinski definition) is 0. The van der Waals surface area contributed by atoms with Gasteiger partial charge in [0.05, 0.1) is 10.6 Å². The summed E-state index contributed by atoms with van der Waals surface area (Å²) in [5, 5.41) is 11.9. The first-order valence-corrected chi connectivity index (χ1v) is 9.24. The molecule has 132 valence electrons. The molecule has 1 heterocycles. The maximum absolute atomic E-state index is 10.8. The van der Waals surface area contributed by atoms with Crippen molar-refractivity contribution >= 4 is 40.7 Å². The smallest absolute Gasteiger partial charge is 0.269 e. The number of non-ortho nitro benzene ring substituents is 1. The van der Waals surface area contributed by atoms with Crippen LogP contribution in [0.5, 0.6) is 0 Å². The largest absolute Gasteiger partial charge is 0.350 e. The van der Waals surface area contributed by atoms with Crippen LogP contribution in [0.25, 0.3) is 0 Å². The first-order valence-electron chi connectivity index (χ1n) is 8.25. The Morgan fingerprint density at radius 3 is 2.62 bits per heavy atom. The zero-order chi connectivity index (χ0) is 16.4. The predicted octanol–water partition coefficient (Wildman–Crippen LogP) is 4.94. The van der Waals surface area contributed by atoms with Crippen LogP contribution >= 0.6 is 24.2 Å². The molecule has 7 heteroatoms. The first-order chi connectivity index (χ1) is 11.1. The maximum Gasteiger partial charge on any atom is 0.269 e. The van der Waals surface area contributed by atoms with Crippen LogP contribution < -0.4 is 0 Å². The van der Waals surface area contributed by atoms with Crippen molar-refractivity contribution in [3.63, 3.8) is 0 Å². The minimum Gasteiger partial charge on any atom is -0.350 e. The standard InChI is InChI=1S/C17H23N3O2S.ClH/c1-12-10-14(20(21)22)8-9-15(12)18-17-19(2)16(11-23-17)13-6-4-3-5-7-13;/h8-10,13,16H,3-7,11H2,1-2H3;1H/t16-;/m1./s1. The topological polar surface area (TPSA) is 58.7 Å². The summed E-state index contributed by atoms with van der Waals surface area (Å²) in [5.74, 6) is 1.89. The van der Waals surface area contributed by atoms with Crippen LogP contribution in [0.4, 0.5) is 11.4 Å². The van der Waals surface area contributed by atoms with E-state index in [1.54, 1.807) is 12.1 Å². The molecule has 2 aliphatic rings. The number of nitrogens with zero attached hydrogens (tertiary/aromatic N) is 3. The highest BCUT2D eigenvalue weighted by Crippen LogP contribution is 2.36. The average molecular weight is 370 g/mol. The zero-order valence-electron chi connectivity index (χ0n) is 14.1. The van der Waals surface area contributed by atoms with Gasteiger partial charge in [0.25, 0.3) is 5.69 Å². The number of rotatable bonds is 3. The Hall–Kier alpha value is -1.27. The van der Waals surface area contributed by atoms with Gasteiger partial charge in [-0.05, 0) is 37.3 Å². The molecule has 0 aromatic heterocycles. The van der Waals surface area contributed by atoms with Crippen LogP contribution in [-0.2, 0) is 0 Å². The van der Waals surface area contributed by atoms with E-state index in [9.17, 15) is 10.1 Å². The van der Waals surface area contributed by atoms with Crippen molar-refractivity contribution in [2.24, 2.45) is 10.9 Å². The highest BCUT2D eigenvalue weighted by molar-refractivity contribution is 8.14. The van der Waals surface area contributed by atoms with Crippen LogP contribution in [0.15, 0.2) is 23.2 Å². The summed E-state index contributed by atoms with van der Waals surface area (Å²) in [4.78, 5) is 17.6. The highest BCUT2D eigenvalue weighted by atomic mass is 35.5. The number of halogens is 1. The second-order valence-electron chi connectivity index (χ2n) is 6.51. The molecule has 1 aromatic carbocycles. The average Bonchev–Trinajstić information content (AvgIpc) is 2.91. The van der Waals surface area contributed by atoms with Crippen molar-refractivity contribution in [1.29, 1.82) is 0 Å². The molecule has 24 heavy (non-hydrogen) atoms. The van der Waals surface area contributed by atoms with Gasteiger partial charge >= 0.3 is 0 Å². The van der Waals surface area contributed by atoms with E-state index in [1.807, 2.05) is 18.7 Å². The fraction of sp³-hybridized carbons (Fsp3) is 0.588. The number of thioether (sulfide) groups is 1. The third-order valence-electron chi connectivity index (χ3n) is 4.98. The molecule has 0 amide bonds. The number of amidine groups is 1. The molecule has 0 unspecified atom stereocenters. The van der Waals surface area contributed by atoms with Gasteiger partial charge in [-0.15, -0.1) is 12.4 Å². The Bertz CT molecular complexity index is 632. The fourth-order valence-electron chi connectivity index (χ4n) is 3.58. The summed E-state index contributed by atoms with van der Waals surface area (Å²) in [7, 11) is 2.14. The molecule has 0 spiro atoms. The van der Waals surface area contributed by atoms with Crippen molar-refractivity contribution in [3.8, 4) is 0 Å². The molecule has 1 aromatic rings. The summed E-state index contributed by atoms with van der Waals surface area (Å²) < 4.78 is 0. The molecule has 0 bridgehead atoms. The Kier molecular flexibility index (Phi) is 6.52. The number of hydrogen-bond acceptors (Lipinski definition) is 4. The summed E-state index contributed by atoms with van der Waals surface area (Å²) >= 11 is 1.81. The van der Waals surface area contributed by atoms with Gasteiger partial charge < -0.3 is 4.90 Å². The Labute approximate surface area is 153 Å². The molecule has 1 aliphatic heterocycles. The number of nitro groups is 1. The molecule has 5 nitrogen and oxygen atoms in total. The zero-order valence-corrected chi connectivity index (χ0v) is 15.7. The van der Waals surface area contributed by atoms with Crippen molar-refractivity contribution < 1.29 is 4.92 Å². The quantitative estimate of drug-likeness (QED) is 0.559. The van der Waals surface area contributed by atoms with E-state index in [-0.39, 0.29) is 23.0 Å². The molecule has 1 saturated carbocycles. The second kappa shape index (κ2) is 8.21. The van der Waals surface area contributed by atoms with Crippen molar-refractivity contribution in [2.45, 2.75) is 45.1 Å². The molecular weight excluding hydrogens is 346 g/mol. The van der Waals surface area contributed by atoms with Gasteiger partial charge in [0.2, 0.25) is 0 Å². The summed E-state index contributed by atoms with van der Waals surface area (Å²) in [6, 6.07) is 5.46. The second-order valence-corrected chi connectivity index (χ2v) is 7.50. The maximum atomic E-state index is 10.8. The van der Waals surface area contributed by atoms with Gasteiger partial charge in [-0.1, -0.05) is 31.0 Å². The van der Waals surface area contributed by atoms with Gasteiger partial charge in [0.1, 0.15) is 0 Å². The number of aliphatic imine (C=N–C) groups is 1. The van der Waals surface area contributed by atoms with Gasteiger partial charge in [0, 0.05) is 31.0 Å². The summed E-state index contributed by atoms with van der Waals surface area (Å²) in [5.41, 5.74) is 1.80. The molecule has 1 saturated heterocycles. The molecular formula is C17H24ClN3O2S. The highest BCUT2D eigenvalue weighted by Gasteiger charge is 2.34. The molecule has 2 fully saturated rings. The predicted molar refractivity (Wildman–Crippen MR) is 103 cm³/mol. The van der Waals surface area contributed by atoms with E-state index in [0.717, 1.165) is 28.1 Å². The lowest BCUT2D eigenvalue weighted by molar-refractivity contribution is -0.384. The Morgan fingerprint density at radius 2 is 2.00 bits per heavy atom. The van der Waals surface area contributed by atoms with E-state index >= 15 is 0 Å². The van der Waals surface area contributed by atoms with Crippen LogP contribution in [-0.4, -0.2) is 33.8 Å². The van der Waals surface area contributed by atoms with E-state index < -0.39 is 0 Å². The third kappa shape index (κ3) is 4.03. The van der Waals surface area contributed by atoms with E-state index in [2.05, 4.69) is 11.9 Å². The molecule has 1 aliphatic carbocycles. The van der Waals surface area contributed by atoms with Crippen molar-refractivity contribution in [2.75, 3.05) is 12.8 Å². The number of aryl methyl sites for hydroxylation is 1. The molecule has 1 atom stereocenters. The van der Waals surface area contributed by atoms with Crippen LogP contribution in [0.2, 0.25) is 0 Å². The SMILES string of the molecule is Cc1cc([N+](=O)[O-])ccc1N=C1SC[C@H](C2CCCCC2)N1C.Cl. The van der Waals surface area contributed by atoms with Crippen molar-refractivity contribution in [1.82, 2.24) is 4.90 Å². The number of nitro benzene ring substituents is 1. The third-order valence-corrected chi connectivity index (χ3v) is 6.13. The fourth-order valence-corrected chi connectivity index (χ4v) is 4.90. The minimum atomic E-state index is -0.362. The first kappa shape index (κ1) is 19.1. The molecule has 0 N–H and O–H groups in total. The lowest BCUT2D eigenvalue weighted by Gasteiger charge is -2.32. The molecule has 3 rings (SSSR count). The van der Waals surface area contributed by atoms with Crippen LogP contribution in [0.1, 0.15) is 37.7 Å². The lowest BCUT2D eigenvalue weighted by atomic mass is 9.84. The van der Waals surface area contributed by atoms with Gasteiger partial charge in [-0.3, -0.25) is 10.1 Å². The van der Waals surface area contributed by atoms with Crippen molar-refractivity contribution in [3.05, 3.63) is 33.9 Å². The summed E-state index contributed by atoms with van der Waals surface area (Å²) in [6.07, 6.45) is 6.75. The van der Waals surface area contributed by atoms with E-state index in [0.29, 0.717) is 6.04 Å². The van der Waals surface area contributed by atoms with Gasteiger partial charge in [0.15, 0.2) is 5.17 Å². The van der Waals surface area contributed by atoms with Crippen LogP contribution in [0, 0.1) is 23.0 Å². The van der Waals surface area contributed by atoms with E-state index in [1.165, 1.54) is 38.2 Å².